The van der Waals surface area contributed by atoms with Crippen molar-refractivity contribution in [3.05, 3.63) is 188 Å². The molecule has 9 aromatic carbocycles. The Hall–Kier alpha value is -8.09. The van der Waals surface area contributed by atoms with E-state index in [1.807, 2.05) is 12.1 Å². The molecule has 0 amide bonds. The Morgan fingerprint density at radius 1 is 0.339 bits per heavy atom. The summed E-state index contributed by atoms with van der Waals surface area (Å²) in [4.78, 5) is 16.0. The van der Waals surface area contributed by atoms with Crippen LogP contribution in [0.3, 0.4) is 0 Å². The average molecular weight is 754 g/mol. The predicted molar refractivity (Wildman–Crippen MR) is 242 cm³/mol. The molecule has 6 nitrogen and oxygen atoms in total. The molecule has 6 heteroatoms. The number of hydrogen-bond donors (Lipinski definition) is 0. The van der Waals surface area contributed by atoms with E-state index in [9.17, 15) is 0 Å². The third-order valence-electron chi connectivity index (χ3n) is 11.9. The molecule has 4 heterocycles. The standard InChI is InChI=1S/C53H31N5O/c1-2-14-33-27-36(26-25-32(33)13-1)51-54-52(56-53(55-51)58-44-22-10-5-17-38(44)39-18-6-11-23-45(39)58)37-30-47(50-41-20-8-12-24-48(41)59-49(50)31-37)57-43-21-9-7-19-40(43)42-28-34-15-3-4-16-35(34)29-46(42)57/h1-31H. The molecule has 0 spiro atoms. The van der Waals surface area contributed by atoms with Gasteiger partial charge in [-0.2, -0.15) is 9.97 Å². The van der Waals surface area contributed by atoms with Crippen LogP contribution >= 0.6 is 0 Å². The molecule has 0 aliphatic carbocycles. The Morgan fingerprint density at radius 2 is 0.881 bits per heavy atom. The van der Waals surface area contributed by atoms with Crippen LogP contribution in [-0.2, 0) is 0 Å². The van der Waals surface area contributed by atoms with Gasteiger partial charge in [-0.25, -0.2) is 4.98 Å². The van der Waals surface area contributed by atoms with Gasteiger partial charge in [0.15, 0.2) is 11.6 Å². The number of fused-ring (bicyclic) bond motifs is 11. The van der Waals surface area contributed by atoms with Gasteiger partial charge in [0.1, 0.15) is 11.2 Å². The third kappa shape index (κ3) is 4.77. The third-order valence-corrected chi connectivity index (χ3v) is 11.9. The molecular formula is C53H31N5O. The van der Waals surface area contributed by atoms with Crippen LogP contribution in [0.2, 0.25) is 0 Å². The zero-order chi connectivity index (χ0) is 38.6. The number of aromatic nitrogens is 5. The van der Waals surface area contributed by atoms with Crippen LogP contribution in [0, 0.1) is 0 Å². The lowest BCUT2D eigenvalue weighted by molar-refractivity contribution is 0.669. The van der Waals surface area contributed by atoms with Gasteiger partial charge in [0.05, 0.1) is 33.1 Å². The highest BCUT2D eigenvalue weighted by atomic mass is 16.3. The first kappa shape index (κ1) is 32.0. The first-order valence-electron chi connectivity index (χ1n) is 19.9. The Balaban J connectivity index is 1.14. The second kappa shape index (κ2) is 12.2. The molecule has 0 radical (unpaired) electrons. The molecule has 0 saturated carbocycles. The Morgan fingerprint density at radius 3 is 1.59 bits per heavy atom. The summed E-state index contributed by atoms with van der Waals surface area (Å²) >= 11 is 0. The van der Waals surface area contributed by atoms with E-state index in [-0.39, 0.29) is 0 Å². The SMILES string of the molecule is c1ccc2cc(-c3nc(-c4cc(-n5c6ccccc6c6cc7ccccc7cc65)c5c(c4)oc4ccccc45)nc(-n4c5ccccc5c5ccccc54)n3)ccc2c1. The van der Waals surface area contributed by atoms with Crippen LogP contribution in [0.1, 0.15) is 0 Å². The lowest BCUT2D eigenvalue weighted by Gasteiger charge is -2.14. The van der Waals surface area contributed by atoms with Crippen molar-refractivity contribution in [1.29, 1.82) is 0 Å². The first-order chi connectivity index (χ1) is 29.2. The minimum Gasteiger partial charge on any atom is -0.456 e. The summed E-state index contributed by atoms with van der Waals surface area (Å²) in [6, 6.07) is 66.2. The Kier molecular flexibility index (Phi) is 6.63. The number of benzene rings is 9. The maximum atomic E-state index is 6.74. The van der Waals surface area contributed by atoms with Gasteiger partial charge in [0.2, 0.25) is 5.95 Å². The minimum absolute atomic E-state index is 0.546. The summed E-state index contributed by atoms with van der Waals surface area (Å²) in [6.07, 6.45) is 0. The van der Waals surface area contributed by atoms with Crippen molar-refractivity contribution in [2.75, 3.05) is 0 Å². The van der Waals surface area contributed by atoms with Crippen LogP contribution in [0.15, 0.2) is 192 Å². The molecule has 0 bridgehead atoms. The molecule has 0 atom stereocenters. The van der Waals surface area contributed by atoms with Gasteiger partial charge >= 0.3 is 0 Å². The van der Waals surface area contributed by atoms with E-state index in [0.29, 0.717) is 17.6 Å². The highest BCUT2D eigenvalue weighted by molar-refractivity contribution is 6.17. The van der Waals surface area contributed by atoms with Crippen molar-refractivity contribution in [3.8, 4) is 34.4 Å². The van der Waals surface area contributed by atoms with Crippen LogP contribution in [-0.4, -0.2) is 24.1 Å². The summed E-state index contributed by atoms with van der Waals surface area (Å²) < 4.78 is 11.3. The maximum absolute atomic E-state index is 6.74. The smallest absolute Gasteiger partial charge is 0.238 e. The topological polar surface area (TPSA) is 61.7 Å². The molecule has 13 aromatic rings. The first-order valence-corrected chi connectivity index (χ1v) is 19.9. The average Bonchev–Trinajstić information content (AvgIpc) is 3.95. The molecule has 13 rings (SSSR count). The normalized spacial score (nSPS) is 12.1. The fourth-order valence-electron chi connectivity index (χ4n) is 9.24. The van der Waals surface area contributed by atoms with Crippen molar-refractivity contribution < 1.29 is 4.42 Å². The molecule has 274 valence electrons. The molecule has 0 unspecified atom stereocenters. The molecule has 0 saturated heterocycles. The lowest BCUT2D eigenvalue weighted by Crippen LogP contribution is -2.06. The van der Waals surface area contributed by atoms with Crippen LogP contribution in [0.4, 0.5) is 0 Å². The van der Waals surface area contributed by atoms with Crippen LogP contribution < -0.4 is 0 Å². The monoisotopic (exact) mass is 753 g/mol. The fourth-order valence-corrected chi connectivity index (χ4v) is 9.24. The quantitative estimate of drug-likeness (QED) is 0.180. The van der Waals surface area contributed by atoms with E-state index in [2.05, 4.69) is 185 Å². The van der Waals surface area contributed by atoms with E-state index in [0.717, 1.165) is 82.4 Å². The fraction of sp³-hybridized carbons (Fsp3) is 0. The predicted octanol–water partition coefficient (Wildman–Crippen LogP) is 13.6. The van der Waals surface area contributed by atoms with Gasteiger partial charge in [0.25, 0.3) is 0 Å². The molecular weight excluding hydrogens is 723 g/mol. The molecule has 0 aliphatic rings. The molecule has 59 heavy (non-hydrogen) atoms. The summed E-state index contributed by atoms with van der Waals surface area (Å²) in [5.74, 6) is 1.69. The van der Waals surface area contributed by atoms with E-state index >= 15 is 0 Å². The Bertz CT molecular complexity index is 3820. The van der Waals surface area contributed by atoms with E-state index in [4.69, 9.17) is 19.4 Å². The zero-order valence-electron chi connectivity index (χ0n) is 31.5. The lowest BCUT2D eigenvalue weighted by atomic mass is 10.0. The highest BCUT2D eigenvalue weighted by Gasteiger charge is 2.23. The minimum atomic E-state index is 0.546. The van der Waals surface area contributed by atoms with Gasteiger partial charge in [-0.3, -0.25) is 4.57 Å². The number of nitrogens with zero attached hydrogens (tertiary/aromatic N) is 5. The van der Waals surface area contributed by atoms with Gasteiger partial charge < -0.3 is 8.98 Å². The van der Waals surface area contributed by atoms with Crippen molar-refractivity contribution in [3.63, 3.8) is 0 Å². The van der Waals surface area contributed by atoms with Crippen molar-refractivity contribution >= 4 is 87.1 Å². The summed E-state index contributed by atoms with van der Waals surface area (Å²) in [6.45, 7) is 0. The van der Waals surface area contributed by atoms with Crippen molar-refractivity contribution in [2.24, 2.45) is 0 Å². The van der Waals surface area contributed by atoms with Gasteiger partial charge in [-0.15, -0.1) is 0 Å². The Labute approximate surface area is 336 Å². The zero-order valence-corrected chi connectivity index (χ0v) is 31.5. The van der Waals surface area contributed by atoms with Crippen LogP contribution in [0.25, 0.3) is 122 Å². The molecule has 0 aliphatic heterocycles. The molecule has 4 aromatic heterocycles. The number of rotatable bonds is 4. The summed E-state index contributed by atoms with van der Waals surface area (Å²) in [5.41, 5.74) is 8.60. The second-order valence-electron chi connectivity index (χ2n) is 15.3. The van der Waals surface area contributed by atoms with E-state index < -0.39 is 0 Å². The summed E-state index contributed by atoms with van der Waals surface area (Å²) in [7, 11) is 0. The maximum Gasteiger partial charge on any atom is 0.238 e. The molecule has 0 N–H and O–H groups in total. The number of para-hydroxylation sites is 4. The molecule has 0 fully saturated rings. The highest BCUT2D eigenvalue weighted by Crippen LogP contribution is 2.42. The second-order valence-corrected chi connectivity index (χ2v) is 15.3. The van der Waals surface area contributed by atoms with Gasteiger partial charge in [0, 0.05) is 38.1 Å². The summed E-state index contributed by atoms with van der Waals surface area (Å²) in [5, 5.41) is 11.4. The van der Waals surface area contributed by atoms with Gasteiger partial charge in [-0.05, 0) is 76.1 Å². The van der Waals surface area contributed by atoms with E-state index in [1.165, 1.54) is 21.5 Å². The van der Waals surface area contributed by atoms with Gasteiger partial charge in [-0.1, -0.05) is 133 Å². The van der Waals surface area contributed by atoms with Crippen molar-refractivity contribution in [2.45, 2.75) is 0 Å². The largest absolute Gasteiger partial charge is 0.456 e. The van der Waals surface area contributed by atoms with Crippen molar-refractivity contribution in [1.82, 2.24) is 24.1 Å². The van der Waals surface area contributed by atoms with Crippen LogP contribution in [0.5, 0.6) is 0 Å². The van der Waals surface area contributed by atoms with E-state index in [1.54, 1.807) is 0 Å². The number of hydrogen-bond acceptors (Lipinski definition) is 4. The number of furan rings is 1.